The average Bonchev–Trinajstić information content (AvgIpc) is 2.01. The summed E-state index contributed by atoms with van der Waals surface area (Å²) in [6.45, 7) is 7.23. The van der Waals surface area contributed by atoms with Gasteiger partial charge in [-0.2, -0.15) is 0 Å². The maximum atomic E-state index is 11.7. The summed E-state index contributed by atoms with van der Waals surface area (Å²) in [4.78, 5) is 0. The van der Waals surface area contributed by atoms with Crippen LogP contribution < -0.4 is 5.73 Å². The van der Waals surface area contributed by atoms with Gasteiger partial charge in [0.2, 0.25) is 0 Å². The number of hydrogen-bond donors (Lipinski definition) is 1. The highest BCUT2D eigenvalue weighted by Gasteiger charge is 2.28. The third kappa shape index (κ3) is 4.42. The second kappa shape index (κ2) is 5.12. The van der Waals surface area contributed by atoms with Crippen LogP contribution in [0.25, 0.3) is 0 Å². The minimum absolute atomic E-state index is 0.144. The molecule has 0 saturated carbocycles. The van der Waals surface area contributed by atoms with Crippen LogP contribution >= 0.6 is 0 Å². The molecule has 0 spiro atoms. The van der Waals surface area contributed by atoms with Gasteiger partial charge in [0.1, 0.15) is 0 Å². The number of rotatable bonds is 5. The van der Waals surface area contributed by atoms with Gasteiger partial charge in [0, 0.05) is 6.04 Å². The van der Waals surface area contributed by atoms with Crippen molar-refractivity contribution >= 4 is 9.84 Å². The van der Waals surface area contributed by atoms with E-state index in [0.29, 0.717) is 6.42 Å². The highest BCUT2D eigenvalue weighted by Crippen LogP contribution is 2.17. The molecular weight excluding hydrogens is 198 g/mol. The zero-order valence-corrected chi connectivity index (χ0v) is 10.5. The van der Waals surface area contributed by atoms with E-state index in [1.807, 2.05) is 6.92 Å². The molecule has 0 aliphatic carbocycles. The first kappa shape index (κ1) is 13.9. The van der Waals surface area contributed by atoms with Gasteiger partial charge in [0.15, 0.2) is 9.84 Å². The summed E-state index contributed by atoms with van der Waals surface area (Å²) in [5, 5.41) is 0. The van der Waals surface area contributed by atoms with Gasteiger partial charge >= 0.3 is 0 Å². The summed E-state index contributed by atoms with van der Waals surface area (Å²) in [6.07, 6.45) is 2.38. The third-order valence-electron chi connectivity index (χ3n) is 2.45. The molecule has 0 rings (SSSR count). The van der Waals surface area contributed by atoms with E-state index in [2.05, 4.69) is 0 Å². The lowest BCUT2D eigenvalue weighted by atomic mass is 10.1. The molecule has 0 bridgehead atoms. The largest absolute Gasteiger partial charge is 0.328 e. The molecular formula is C10H23NO2S. The molecule has 0 aliphatic heterocycles. The minimum Gasteiger partial charge on any atom is -0.328 e. The molecule has 0 aromatic carbocycles. The zero-order chi connectivity index (χ0) is 11.4. The second-order valence-electron chi connectivity index (χ2n) is 4.74. The van der Waals surface area contributed by atoms with E-state index in [1.165, 1.54) is 0 Å². The summed E-state index contributed by atoms with van der Waals surface area (Å²) < 4.78 is 22.7. The Kier molecular flexibility index (Phi) is 5.09. The quantitative estimate of drug-likeness (QED) is 0.769. The molecule has 1 atom stereocenters. The van der Waals surface area contributed by atoms with Crippen molar-refractivity contribution in [3.05, 3.63) is 0 Å². The molecule has 0 fully saturated rings. The van der Waals surface area contributed by atoms with Gasteiger partial charge in [-0.25, -0.2) is 8.42 Å². The zero-order valence-electron chi connectivity index (χ0n) is 9.71. The maximum Gasteiger partial charge on any atom is 0.155 e. The van der Waals surface area contributed by atoms with Gasteiger partial charge in [-0.1, -0.05) is 6.92 Å². The number of sulfone groups is 1. The van der Waals surface area contributed by atoms with Crippen LogP contribution in [0.1, 0.15) is 47.0 Å². The van der Waals surface area contributed by atoms with Crippen molar-refractivity contribution in [3.8, 4) is 0 Å². The standard InChI is InChI=1S/C10H23NO2S/c1-5-9(11)7-6-8-14(12,13)10(2,3)4/h9H,5-8,11H2,1-4H3. The van der Waals surface area contributed by atoms with E-state index in [0.717, 1.165) is 12.8 Å². The van der Waals surface area contributed by atoms with E-state index in [4.69, 9.17) is 5.73 Å². The molecule has 14 heavy (non-hydrogen) atoms. The lowest BCUT2D eigenvalue weighted by Gasteiger charge is -2.19. The molecule has 0 saturated heterocycles. The molecule has 1 unspecified atom stereocenters. The topological polar surface area (TPSA) is 60.2 Å². The van der Waals surface area contributed by atoms with Gasteiger partial charge in [-0.3, -0.25) is 0 Å². The van der Waals surface area contributed by atoms with E-state index in [9.17, 15) is 8.42 Å². The highest BCUT2D eigenvalue weighted by atomic mass is 32.2. The summed E-state index contributed by atoms with van der Waals surface area (Å²) in [6, 6.07) is 0.144. The molecule has 2 N–H and O–H groups in total. The normalized spacial score (nSPS) is 15.5. The Morgan fingerprint density at radius 2 is 1.79 bits per heavy atom. The van der Waals surface area contributed by atoms with Crippen molar-refractivity contribution in [2.75, 3.05) is 5.75 Å². The first-order chi connectivity index (χ1) is 6.20. The minimum atomic E-state index is -2.96. The fourth-order valence-electron chi connectivity index (χ4n) is 1.05. The van der Waals surface area contributed by atoms with Crippen molar-refractivity contribution < 1.29 is 8.42 Å². The van der Waals surface area contributed by atoms with Crippen LogP contribution in [0, 0.1) is 0 Å². The van der Waals surface area contributed by atoms with Gasteiger partial charge < -0.3 is 5.73 Å². The van der Waals surface area contributed by atoms with Gasteiger partial charge in [-0.15, -0.1) is 0 Å². The first-order valence-corrected chi connectivity index (χ1v) is 6.84. The van der Waals surface area contributed by atoms with Gasteiger partial charge in [0.05, 0.1) is 10.5 Å². The summed E-state index contributed by atoms with van der Waals surface area (Å²) in [5.74, 6) is 0.254. The van der Waals surface area contributed by atoms with Crippen LogP contribution in [0.5, 0.6) is 0 Å². The van der Waals surface area contributed by atoms with Crippen LogP contribution in [-0.2, 0) is 9.84 Å². The van der Waals surface area contributed by atoms with Crippen molar-refractivity contribution in [1.29, 1.82) is 0 Å². The highest BCUT2D eigenvalue weighted by molar-refractivity contribution is 7.92. The molecule has 0 aliphatic rings. The van der Waals surface area contributed by atoms with Crippen LogP contribution in [0.2, 0.25) is 0 Å². The Morgan fingerprint density at radius 1 is 1.29 bits per heavy atom. The van der Waals surface area contributed by atoms with Crippen molar-refractivity contribution in [2.24, 2.45) is 5.73 Å². The predicted octanol–water partition coefficient (Wildman–Crippen LogP) is 1.72. The number of nitrogens with two attached hydrogens (primary N) is 1. The smallest absolute Gasteiger partial charge is 0.155 e. The van der Waals surface area contributed by atoms with E-state index < -0.39 is 14.6 Å². The molecule has 3 nitrogen and oxygen atoms in total. The molecule has 86 valence electrons. The monoisotopic (exact) mass is 221 g/mol. The Labute approximate surface area is 88.0 Å². The SMILES string of the molecule is CCC(N)CCCS(=O)(=O)C(C)(C)C. The molecule has 0 aromatic rings. The van der Waals surface area contributed by atoms with E-state index >= 15 is 0 Å². The van der Waals surface area contributed by atoms with E-state index in [1.54, 1.807) is 20.8 Å². The summed E-state index contributed by atoms with van der Waals surface area (Å²) in [5.41, 5.74) is 5.72. The second-order valence-corrected chi connectivity index (χ2v) is 7.60. The van der Waals surface area contributed by atoms with Gasteiger partial charge in [-0.05, 0) is 40.0 Å². The molecule has 0 amide bonds. The lowest BCUT2D eigenvalue weighted by Crippen LogP contribution is -2.31. The van der Waals surface area contributed by atoms with Crippen LogP contribution in [0.3, 0.4) is 0 Å². The maximum absolute atomic E-state index is 11.7. The molecule has 0 heterocycles. The average molecular weight is 221 g/mol. The Balaban J connectivity index is 4.03. The molecule has 4 heteroatoms. The molecule has 0 radical (unpaired) electrons. The predicted molar refractivity (Wildman–Crippen MR) is 61.0 cm³/mol. The fourth-order valence-corrected chi connectivity index (χ4v) is 2.20. The van der Waals surface area contributed by atoms with Crippen LogP contribution in [0.4, 0.5) is 0 Å². The van der Waals surface area contributed by atoms with E-state index in [-0.39, 0.29) is 11.8 Å². The number of hydrogen-bond acceptors (Lipinski definition) is 3. The van der Waals surface area contributed by atoms with Crippen molar-refractivity contribution in [1.82, 2.24) is 0 Å². The summed E-state index contributed by atoms with van der Waals surface area (Å²) >= 11 is 0. The third-order valence-corrected chi connectivity index (χ3v) is 5.14. The van der Waals surface area contributed by atoms with Crippen LogP contribution in [-0.4, -0.2) is 25.0 Å². The fraction of sp³-hybridized carbons (Fsp3) is 1.00. The lowest BCUT2D eigenvalue weighted by molar-refractivity contribution is 0.544. The van der Waals surface area contributed by atoms with Crippen molar-refractivity contribution in [2.45, 2.75) is 57.7 Å². The van der Waals surface area contributed by atoms with Gasteiger partial charge in [0.25, 0.3) is 0 Å². The Bertz CT molecular complexity index is 252. The first-order valence-electron chi connectivity index (χ1n) is 5.18. The summed E-state index contributed by atoms with van der Waals surface area (Å²) in [7, 11) is -2.96. The van der Waals surface area contributed by atoms with Crippen molar-refractivity contribution in [3.63, 3.8) is 0 Å². The Morgan fingerprint density at radius 3 is 2.14 bits per heavy atom. The van der Waals surface area contributed by atoms with Crippen LogP contribution in [0.15, 0.2) is 0 Å². The Hall–Kier alpha value is -0.0900. The molecule has 0 aromatic heterocycles.